The Kier molecular flexibility index (Phi) is 5.13. The number of nitrogens with zero attached hydrogens (tertiary/aromatic N) is 2. The largest absolute Gasteiger partial charge is 0.369 e. The van der Waals surface area contributed by atoms with Gasteiger partial charge in [0.15, 0.2) is 0 Å². The molecule has 0 bridgehead atoms. The minimum Gasteiger partial charge on any atom is -0.369 e. The number of benzene rings is 1. The van der Waals surface area contributed by atoms with Gasteiger partial charge in [-0.15, -0.1) is 0 Å². The van der Waals surface area contributed by atoms with E-state index in [-0.39, 0.29) is 0 Å². The zero-order chi connectivity index (χ0) is 14.4. The number of hydrogen-bond donors (Lipinski definition) is 1. The van der Waals surface area contributed by atoms with Crippen molar-refractivity contribution in [2.24, 2.45) is 5.73 Å². The molecule has 0 saturated carbocycles. The summed E-state index contributed by atoms with van der Waals surface area (Å²) in [5.74, 6) is 0. The molecule has 0 radical (unpaired) electrons. The Morgan fingerprint density at radius 1 is 1.10 bits per heavy atom. The van der Waals surface area contributed by atoms with E-state index < -0.39 is 0 Å². The van der Waals surface area contributed by atoms with Crippen LogP contribution in [0.15, 0.2) is 48.8 Å². The van der Waals surface area contributed by atoms with Crippen molar-refractivity contribution in [3.8, 4) is 0 Å². The van der Waals surface area contributed by atoms with Crippen LogP contribution in [-0.4, -0.2) is 17.6 Å². The normalized spacial score (nSPS) is 10.8. The topological polar surface area (TPSA) is 42.2 Å². The van der Waals surface area contributed by atoms with Crippen molar-refractivity contribution in [2.45, 2.75) is 32.9 Å². The summed E-state index contributed by atoms with van der Waals surface area (Å²) in [6, 6.07) is 13.1. The van der Waals surface area contributed by atoms with E-state index >= 15 is 0 Å². The van der Waals surface area contributed by atoms with Gasteiger partial charge in [-0.25, -0.2) is 0 Å². The maximum Gasteiger partial charge on any atom is 0.0368 e. The molecule has 0 amide bonds. The molecule has 0 saturated heterocycles. The van der Waals surface area contributed by atoms with Gasteiger partial charge in [-0.05, 0) is 49.6 Å². The summed E-state index contributed by atoms with van der Waals surface area (Å²) in [6.45, 7) is 6.03. The second-order valence-electron chi connectivity index (χ2n) is 5.27. The highest BCUT2D eigenvalue weighted by atomic mass is 15.1. The van der Waals surface area contributed by atoms with E-state index in [1.807, 2.05) is 18.5 Å². The van der Waals surface area contributed by atoms with E-state index in [0.717, 1.165) is 13.0 Å². The average molecular weight is 269 g/mol. The molecule has 0 spiro atoms. The molecule has 20 heavy (non-hydrogen) atoms. The minimum atomic E-state index is 0.468. The fraction of sp³-hybridized carbons (Fsp3) is 0.353. The molecular formula is C17H23N3. The van der Waals surface area contributed by atoms with Gasteiger partial charge in [0.2, 0.25) is 0 Å². The van der Waals surface area contributed by atoms with Gasteiger partial charge >= 0.3 is 0 Å². The van der Waals surface area contributed by atoms with Gasteiger partial charge in [-0.2, -0.15) is 0 Å². The van der Waals surface area contributed by atoms with E-state index in [4.69, 9.17) is 5.73 Å². The highest BCUT2D eigenvalue weighted by molar-refractivity contribution is 5.48. The molecule has 1 aromatic carbocycles. The molecule has 3 heteroatoms. The molecule has 0 aliphatic heterocycles. The Hall–Kier alpha value is -1.87. The first-order valence-corrected chi connectivity index (χ1v) is 7.15. The van der Waals surface area contributed by atoms with Crippen LogP contribution in [0.3, 0.4) is 0 Å². The van der Waals surface area contributed by atoms with Gasteiger partial charge in [-0.3, -0.25) is 4.98 Å². The lowest BCUT2D eigenvalue weighted by Gasteiger charge is -2.29. The molecule has 1 aromatic heterocycles. The van der Waals surface area contributed by atoms with Gasteiger partial charge in [-0.1, -0.05) is 18.2 Å². The van der Waals surface area contributed by atoms with E-state index in [9.17, 15) is 0 Å². The molecule has 0 aliphatic rings. The number of anilines is 1. The predicted octanol–water partition coefficient (Wildman–Crippen LogP) is 3.00. The van der Waals surface area contributed by atoms with Crippen LogP contribution in [0.5, 0.6) is 0 Å². The summed E-state index contributed by atoms with van der Waals surface area (Å²) in [6.07, 6.45) is 4.76. The zero-order valence-electron chi connectivity index (χ0n) is 12.3. The average Bonchev–Trinajstić information content (AvgIpc) is 2.49. The molecule has 106 valence electrons. The minimum absolute atomic E-state index is 0.468. The number of nitrogens with two attached hydrogens (primary N) is 1. The molecule has 0 unspecified atom stereocenters. The Labute approximate surface area is 121 Å². The van der Waals surface area contributed by atoms with E-state index in [0.29, 0.717) is 12.6 Å². The number of hydrogen-bond acceptors (Lipinski definition) is 3. The summed E-state index contributed by atoms with van der Waals surface area (Å²) in [7, 11) is 0. The highest BCUT2D eigenvalue weighted by Crippen LogP contribution is 2.18. The molecule has 0 fully saturated rings. The molecule has 3 nitrogen and oxygen atoms in total. The van der Waals surface area contributed by atoms with Crippen LogP contribution in [-0.2, 0) is 13.0 Å². The fourth-order valence-corrected chi connectivity index (χ4v) is 2.30. The van der Waals surface area contributed by atoms with Crippen LogP contribution in [0.4, 0.5) is 5.69 Å². The van der Waals surface area contributed by atoms with Gasteiger partial charge in [0.25, 0.3) is 0 Å². The Balaban J connectivity index is 2.06. The zero-order valence-corrected chi connectivity index (χ0v) is 12.3. The third-order valence-corrected chi connectivity index (χ3v) is 3.49. The summed E-state index contributed by atoms with van der Waals surface area (Å²) in [5.41, 5.74) is 9.35. The summed E-state index contributed by atoms with van der Waals surface area (Å²) in [4.78, 5) is 6.58. The van der Waals surface area contributed by atoms with Crippen LogP contribution in [0.25, 0.3) is 0 Å². The molecule has 2 aromatic rings. The summed E-state index contributed by atoms with van der Waals surface area (Å²) < 4.78 is 0. The van der Waals surface area contributed by atoms with E-state index in [2.05, 4.69) is 54.1 Å². The molecule has 1 heterocycles. The van der Waals surface area contributed by atoms with E-state index in [1.165, 1.54) is 16.8 Å². The Morgan fingerprint density at radius 3 is 2.40 bits per heavy atom. The van der Waals surface area contributed by atoms with Crippen LogP contribution >= 0.6 is 0 Å². The predicted molar refractivity (Wildman–Crippen MR) is 84.8 cm³/mol. The van der Waals surface area contributed by atoms with Crippen LogP contribution < -0.4 is 10.6 Å². The van der Waals surface area contributed by atoms with Crippen molar-refractivity contribution in [3.63, 3.8) is 0 Å². The molecule has 0 atom stereocenters. The molecular weight excluding hydrogens is 246 g/mol. The van der Waals surface area contributed by atoms with Crippen LogP contribution in [0.2, 0.25) is 0 Å². The third kappa shape index (κ3) is 3.81. The van der Waals surface area contributed by atoms with Crippen molar-refractivity contribution >= 4 is 5.69 Å². The smallest absolute Gasteiger partial charge is 0.0368 e. The first-order chi connectivity index (χ1) is 9.70. The Morgan fingerprint density at radius 2 is 1.85 bits per heavy atom. The molecule has 0 aliphatic carbocycles. The van der Waals surface area contributed by atoms with Gasteiger partial charge < -0.3 is 10.6 Å². The van der Waals surface area contributed by atoms with Crippen molar-refractivity contribution in [2.75, 3.05) is 11.4 Å². The third-order valence-electron chi connectivity index (χ3n) is 3.49. The van der Waals surface area contributed by atoms with Crippen molar-refractivity contribution in [3.05, 3.63) is 59.9 Å². The maximum absolute atomic E-state index is 5.65. The van der Waals surface area contributed by atoms with Gasteiger partial charge in [0.05, 0.1) is 0 Å². The molecule has 2 N–H and O–H groups in total. The lowest BCUT2D eigenvalue weighted by atomic mass is 10.1. The second-order valence-corrected chi connectivity index (χ2v) is 5.27. The van der Waals surface area contributed by atoms with E-state index in [1.54, 1.807) is 0 Å². The second kappa shape index (κ2) is 7.06. The van der Waals surface area contributed by atoms with Crippen LogP contribution in [0.1, 0.15) is 25.0 Å². The van der Waals surface area contributed by atoms with Crippen molar-refractivity contribution < 1.29 is 0 Å². The number of pyridine rings is 1. The summed E-state index contributed by atoms with van der Waals surface area (Å²) in [5, 5.41) is 0. The lowest BCUT2D eigenvalue weighted by Crippen LogP contribution is -2.32. The fourth-order valence-electron chi connectivity index (χ4n) is 2.30. The summed E-state index contributed by atoms with van der Waals surface area (Å²) >= 11 is 0. The quantitative estimate of drug-likeness (QED) is 0.876. The van der Waals surface area contributed by atoms with Crippen molar-refractivity contribution in [1.82, 2.24) is 4.98 Å². The monoisotopic (exact) mass is 269 g/mol. The first-order valence-electron chi connectivity index (χ1n) is 7.15. The highest BCUT2D eigenvalue weighted by Gasteiger charge is 2.10. The maximum atomic E-state index is 5.65. The van der Waals surface area contributed by atoms with Crippen LogP contribution in [0, 0.1) is 0 Å². The standard InChI is InChI=1S/C17H23N3/c1-14(2)20(11-9-16-4-3-10-19-13-16)17-7-5-15(12-18)6-8-17/h3-8,10,13-14H,9,11-12,18H2,1-2H3. The van der Waals surface area contributed by atoms with Gasteiger partial charge in [0, 0.05) is 37.2 Å². The SMILES string of the molecule is CC(C)N(CCc1cccnc1)c1ccc(CN)cc1. The van der Waals surface area contributed by atoms with Gasteiger partial charge in [0.1, 0.15) is 0 Å². The lowest BCUT2D eigenvalue weighted by molar-refractivity contribution is 0.678. The number of rotatable bonds is 6. The number of aromatic nitrogens is 1. The van der Waals surface area contributed by atoms with Crippen molar-refractivity contribution in [1.29, 1.82) is 0 Å². The Bertz CT molecular complexity index is 506. The molecule has 2 rings (SSSR count). The first kappa shape index (κ1) is 14.5.